The number of carbonyl (C=O) groups is 2. The van der Waals surface area contributed by atoms with Crippen LogP contribution in [0.4, 0.5) is 11.4 Å². The lowest BCUT2D eigenvalue weighted by Crippen LogP contribution is -2.37. The van der Waals surface area contributed by atoms with Gasteiger partial charge >= 0.3 is 5.97 Å². The Balaban J connectivity index is 0.00000260. The lowest BCUT2D eigenvalue weighted by atomic mass is 9.83. The summed E-state index contributed by atoms with van der Waals surface area (Å²) in [7, 11) is 7.65. The lowest BCUT2D eigenvalue weighted by Gasteiger charge is -2.31. The quantitative estimate of drug-likeness (QED) is 0.183. The zero-order valence-corrected chi connectivity index (χ0v) is 30.5. The number of halogens is 2. The number of nitrogens with zero attached hydrogens (tertiary/aromatic N) is 4. The third-order valence-corrected chi connectivity index (χ3v) is 10.4. The minimum Gasteiger partial charge on any atom is -0.489 e. The number of benzene rings is 2. The van der Waals surface area contributed by atoms with Gasteiger partial charge in [-0.25, -0.2) is 4.79 Å². The van der Waals surface area contributed by atoms with Crippen molar-refractivity contribution in [3.63, 3.8) is 0 Å². The molecule has 0 atom stereocenters. The molecule has 2 aromatic carbocycles. The highest BCUT2D eigenvalue weighted by Gasteiger charge is 2.28. The summed E-state index contributed by atoms with van der Waals surface area (Å²) < 4.78 is 15.3. The average molecular weight is 718 g/mol. The van der Waals surface area contributed by atoms with Gasteiger partial charge in [0.15, 0.2) is 0 Å². The van der Waals surface area contributed by atoms with Crippen molar-refractivity contribution in [2.45, 2.75) is 44.6 Å². The van der Waals surface area contributed by atoms with Crippen molar-refractivity contribution in [3.8, 4) is 17.0 Å². The standard InChI is InChI=1S/C36H44N4O5S.2ClH/c1-37(2)22-32(41)38(3)27-12-15-29(40-16-18-44-19-17-40)26(20-27)23-45-28-13-10-25(11-14-28)34-33(24-8-6-5-7-9-24)35-30(39(34)4)21-31(46-35)36(42)43;;/h10-15,20-21,24H,5-9,16-19,22-23H2,1-4H3,(H,42,43);2*1H. The van der Waals surface area contributed by atoms with Crippen molar-refractivity contribution in [1.29, 1.82) is 0 Å². The first-order chi connectivity index (χ1) is 22.2. The van der Waals surface area contributed by atoms with Crippen molar-refractivity contribution < 1.29 is 24.2 Å². The van der Waals surface area contributed by atoms with Crippen molar-refractivity contribution in [3.05, 3.63) is 64.5 Å². The highest BCUT2D eigenvalue weighted by molar-refractivity contribution is 7.21. The summed E-state index contributed by atoms with van der Waals surface area (Å²) in [4.78, 5) is 30.9. The normalized spacial score (nSPS) is 15.2. The van der Waals surface area contributed by atoms with Crippen LogP contribution >= 0.6 is 36.2 Å². The molecular weight excluding hydrogens is 671 g/mol. The van der Waals surface area contributed by atoms with E-state index in [0.29, 0.717) is 37.2 Å². The number of rotatable bonds is 10. The topological polar surface area (TPSA) is 87.5 Å². The molecule has 1 saturated heterocycles. The van der Waals surface area contributed by atoms with Crippen LogP contribution in [0.3, 0.4) is 0 Å². The number of carboxylic acids is 1. The van der Waals surface area contributed by atoms with Gasteiger partial charge in [-0.15, -0.1) is 36.2 Å². The molecule has 1 N–H and O–H groups in total. The fourth-order valence-electron chi connectivity index (χ4n) is 6.86. The second-order valence-electron chi connectivity index (χ2n) is 12.7. The van der Waals surface area contributed by atoms with Gasteiger partial charge < -0.3 is 33.8 Å². The molecule has 4 aromatic rings. The highest BCUT2D eigenvalue weighted by Crippen LogP contribution is 2.46. The van der Waals surface area contributed by atoms with Crippen molar-refractivity contribution in [1.82, 2.24) is 9.47 Å². The van der Waals surface area contributed by atoms with E-state index in [1.807, 2.05) is 57.4 Å². The Morgan fingerprint density at radius 2 is 1.67 bits per heavy atom. The van der Waals surface area contributed by atoms with Crippen LogP contribution in [0, 0.1) is 0 Å². The van der Waals surface area contributed by atoms with Gasteiger partial charge in [0.25, 0.3) is 0 Å². The monoisotopic (exact) mass is 716 g/mol. The minimum atomic E-state index is -0.868. The molecule has 0 radical (unpaired) electrons. The number of carbonyl (C=O) groups excluding carboxylic acids is 1. The second kappa shape index (κ2) is 16.4. The molecule has 0 spiro atoms. The van der Waals surface area contributed by atoms with E-state index in [2.05, 4.69) is 33.7 Å². The molecule has 3 heterocycles. The molecular formula is C36H46Cl2N4O5S. The van der Waals surface area contributed by atoms with Gasteiger partial charge in [0.2, 0.25) is 5.91 Å². The molecule has 0 unspecified atom stereocenters. The summed E-state index contributed by atoms with van der Waals surface area (Å²) in [6.07, 6.45) is 5.94. The Hall–Kier alpha value is -3.28. The maximum absolute atomic E-state index is 12.8. The summed E-state index contributed by atoms with van der Waals surface area (Å²) >= 11 is 1.40. The summed E-state index contributed by atoms with van der Waals surface area (Å²) in [5.41, 5.74) is 7.51. The summed E-state index contributed by atoms with van der Waals surface area (Å²) in [6, 6.07) is 16.3. The van der Waals surface area contributed by atoms with Crippen LogP contribution in [-0.4, -0.2) is 80.4 Å². The SMILES string of the molecule is CN(C)CC(=O)N(C)c1ccc(N2CCOCC2)c(COc2ccc(-c3c(C4CCCCC4)c4sc(C(=O)O)cc4n3C)cc2)c1.Cl.Cl. The third kappa shape index (κ3) is 7.95. The number of thiophene rings is 1. The number of hydrogen-bond donors (Lipinski definition) is 1. The van der Waals surface area contributed by atoms with Crippen LogP contribution in [-0.2, 0) is 23.2 Å². The van der Waals surface area contributed by atoms with E-state index in [9.17, 15) is 14.7 Å². The van der Waals surface area contributed by atoms with Crippen molar-refractivity contribution >= 4 is 69.6 Å². The minimum absolute atomic E-state index is 0. The largest absolute Gasteiger partial charge is 0.489 e. The molecule has 2 aliphatic rings. The first kappa shape index (κ1) is 37.5. The van der Waals surface area contributed by atoms with E-state index in [1.54, 1.807) is 4.90 Å². The summed E-state index contributed by atoms with van der Waals surface area (Å²) in [5, 5.41) is 9.69. The zero-order valence-electron chi connectivity index (χ0n) is 28.1. The van der Waals surface area contributed by atoms with Crippen LogP contribution < -0.4 is 14.5 Å². The number of amides is 1. The second-order valence-corrected chi connectivity index (χ2v) is 13.8. The fraction of sp³-hybridized carbons (Fsp3) is 0.444. The smallest absolute Gasteiger partial charge is 0.345 e. The molecule has 2 aromatic heterocycles. The Bertz CT molecular complexity index is 1710. The Kier molecular flexibility index (Phi) is 12.8. The average Bonchev–Trinajstić information content (AvgIpc) is 3.62. The molecule has 6 rings (SSSR count). The predicted octanol–water partition coefficient (Wildman–Crippen LogP) is 7.44. The molecule has 48 heavy (non-hydrogen) atoms. The number of morpholine rings is 1. The van der Waals surface area contributed by atoms with Gasteiger partial charge in [-0.2, -0.15) is 0 Å². The molecule has 260 valence electrons. The van der Waals surface area contributed by atoms with E-state index in [4.69, 9.17) is 9.47 Å². The zero-order chi connectivity index (χ0) is 32.4. The van der Waals surface area contributed by atoms with Crippen LogP contribution in [0.15, 0.2) is 48.5 Å². The van der Waals surface area contributed by atoms with Gasteiger partial charge in [-0.1, -0.05) is 19.3 Å². The molecule has 12 heteroatoms. The number of aryl methyl sites for hydroxylation is 1. The molecule has 1 saturated carbocycles. The number of aromatic nitrogens is 1. The lowest BCUT2D eigenvalue weighted by molar-refractivity contribution is -0.118. The van der Waals surface area contributed by atoms with E-state index >= 15 is 0 Å². The molecule has 1 aliphatic carbocycles. The molecule has 0 bridgehead atoms. The van der Waals surface area contributed by atoms with E-state index in [1.165, 1.54) is 41.9 Å². The first-order valence-corrected chi connectivity index (χ1v) is 17.0. The molecule has 9 nitrogen and oxygen atoms in total. The van der Waals surface area contributed by atoms with Crippen LogP contribution in [0.2, 0.25) is 0 Å². The third-order valence-electron chi connectivity index (χ3n) is 9.28. The van der Waals surface area contributed by atoms with Crippen molar-refractivity contribution in [2.24, 2.45) is 7.05 Å². The van der Waals surface area contributed by atoms with Crippen LogP contribution in [0.1, 0.15) is 58.8 Å². The first-order valence-electron chi connectivity index (χ1n) is 16.2. The number of anilines is 2. The number of aromatic carboxylic acids is 1. The number of likely N-dealkylation sites (N-methyl/N-ethyl adjacent to an activating group) is 2. The van der Waals surface area contributed by atoms with Gasteiger partial charge in [0.1, 0.15) is 17.2 Å². The van der Waals surface area contributed by atoms with Gasteiger partial charge in [0.05, 0.1) is 35.7 Å². The predicted molar refractivity (Wildman–Crippen MR) is 199 cm³/mol. The Morgan fingerprint density at radius 1 is 0.979 bits per heavy atom. The van der Waals surface area contributed by atoms with E-state index < -0.39 is 5.97 Å². The summed E-state index contributed by atoms with van der Waals surface area (Å²) in [6.45, 7) is 3.68. The number of carboxylic acid groups (broad SMARTS) is 1. The molecule has 1 aliphatic heterocycles. The van der Waals surface area contributed by atoms with Gasteiger partial charge in [0, 0.05) is 44.1 Å². The van der Waals surface area contributed by atoms with E-state index in [-0.39, 0.29) is 30.7 Å². The number of ether oxygens (including phenoxy) is 2. The summed E-state index contributed by atoms with van der Waals surface area (Å²) in [5.74, 6) is 0.353. The number of hydrogen-bond acceptors (Lipinski definition) is 7. The van der Waals surface area contributed by atoms with Crippen molar-refractivity contribution in [2.75, 3.05) is 63.8 Å². The van der Waals surface area contributed by atoms with Gasteiger partial charge in [-0.05, 0) is 92.5 Å². The Morgan fingerprint density at radius 3 is 2.31 bits per heavy atom. The fourth-order valence-corrected chi connectivity index (χ4v) is 8.01. The maximum Gasteiger partial charge on any atom is 0.345 e. The number of fused-ring (bicyclic) bond motifs is 1. The van der Waals surface area contributed by atoms with Gasteiger partial charge in [-0.3, -0.25) is 4.79 Å². The van der Waals surface area contributed by atoms with Crippen LogP contribution in [0.5, 0.6) is 5.75 Å². The van der Waals surface area contributed by atoms with E-state index in [0.717, 1.165) is 64.4 Å². The molecule has 1 amide bonds. The van der Waals surface area contributed by atoms with Crippen LogP contribution in [0.25, 0.3) is 21.5 Å². The molecule has 2 fully saturated rings. The Labute approximate surface area is 299 Å². The highest BCUT2D eigenvalue weighted by atomic mass is 35.5. The maximum atomic E-state index is 12.8.